The first-order chi connectivity index (χ1) is 14.3. The van der Waals surface area contributed by atoms with E-state index in [9.17, 15) is 23.3 Å². The summed E-state index contributed by atoms with van der Waals surface area (Å²) in [5, 5.41) is 16.5. The van der Waals surface area contributed by atoms with E-state index in [1.54, 1.807) is 19.2 Å². The number of rotatable bonds is 7. The molecule has 0 aromatic heterocycles. The fourth-order valence-corrected chi connectivity index (χ4v) is 4.45. The average molecular weight is 434 g/mol. The van der Waals surface area contributed by atoms with Crippen LogP contribution in [0.25, 0.3) is 0 Å². The van der Waals surface area contributed by atoms with Crippen LogP contribution >= 0.6 is 0 Å². The van der Waals surface area contributed by atoms with Crippen LogP contribution in [0, 0.1) is 10.1 Å². The molecule has 1 aliphatic rings. The smallest absolute Gasteiger partial charge is 0.270 e. The number of hydrogen-bond acceptors (Lipinski definition) is 7. The molecule has 0 radical (unpaired) electrons. The van der Waals surface area contributed by atoms with Gasteiger partial charge < -0.3 is 15.4 Å². The summed E-state index contributed by atoms with van der Waals surface area (Å²) in [7, 11) is -1.96. The zero-order chi connectivity index (χ0) is 21.7. The Labute approximate surface area is 174 Å². The lowest BCUT2D eigenvalue weighted by Gasteiger charge is -2.26. The Hall–Kier alpha value is -3.02. The molecule has 1 heterocycles. The van der Waals surface area contributed by atoms with Crippen LogP contribution in [0.5, 0.6) is 0 Å². The van der Waals surface area contributed by atoms with Crippen LogP contribution in [0.3, 0.4) is 0 Å². The molecule has 1 saturated heterocycles. The lowest BCUT2D eigenvalue weighted by molar-refractivity contribution is -0.384. The number of anilines is 1. The monoisotopic (exact) mass is 434 g/mol. The van der Waals surface area contributed by atoms with Gasteiger partial charge in [-0.3, -0.25) is 14.9 Å². The van der Waals surface area contributed by atoms with E-state index in [1.807, 2.05) is 0 Å². The molecule has 0 spiro atoms. The van der Waals surface area contributed by atoms with Gasteiger partial charge in [0.1, 0.15) is 0 Å². The van der Waals surface area contributed by atoms with E-state index in [-0.39, 0.29) is 22.7 Å². The van der Waals surface area contributed by atoms with Crippen LogP contribution < -0.4 is 10.6 Å². The van der Waals surface area contributed by atoms with Crippen LogP contribution in [-0.4, -0.2) is 56.9 Å². The van der Waals surface area contributed by atoms with Gasteiger partial charge in [-0.05, 0) is 23.8 Å². The van der Waals surface area contributed by atoms with Gasteiger partial charge in [0, 0.05) is 44.5 Å². The highest BCUT2D eigenvalue weighted by Crippen LogP contribution is 2.22. The Morgan fingerprint density at radius 3 is 2.43 bits per heavy atom. The molecule has 0 saturated carbocycles. The van der Waals surface area contributed by atoms with Crippen LogP contribution in [0.4, 0.5) is 11.4 Å². The van der Waals surface area contributed by atoms with Crippen molar-refractivity contribution in [1.29, 1.82) is 0 Å². The fraction of sp³-hybridized carbons (Fsp3) is 0.316. The minimum atomic E-state index is -3.58. The van der Waals surface area contributed by atoms with Gasteiger partial charge in [0.2, 0.25) is 10.0 Å². The Balaban J connectivity index is 1.69. The number of nitrogens with one attached hydrogen (secondary N) is 2. The highest BCUT2D eigenvalue weighted by atomic mass is 32.2. The van der Waals surface area contributed by atoms with Gasteiger partial charge in [0.05, 0.1) is 28.6 Å². The number of amides is 1. The van der Waals surface area contributed by atoms with Crippen molar-refractivity contribution < 1.29 is 22.9 Å². The van der Waals surface area contributed by atoms with Crippen molar-refractivity contribution in [2.75, 3.05) is 38.7 Å². The van der Waals surface area contributed by atoms with Gasteiger partial charge in [-0.2, -0.15) is 4.31 Å². The SMILES string of the molecule is CNc1ccc([N+](=O)[O-])cc1C(=O)NCc1ccc(S(=O)(=O)N2CCOCC2)cc1. The molecule has 0 aliphatic carbocycles. The molecule has 2 N–H and O–H groups in total. The predicted molar refractivity (Wildman–Crippen MR) is 110 cm³/mol. The van der Waals surface area contributed by atoms with Gasteiger partial charge in [-0.1, -0.05) is 12.1 Å². The van der Waals surface area contributed by atoms with Crippen molar-refractivity contribution >= 4 is 27.3 Å². The molecule has 10 nitrogen and oxygen atoms in total. The third-order valence-corrected chi connectivity index (χ3v) is 6.63. The largest absolute Gasteiger partial charge is 0.387 e. The molecule has 2 aromatic carbocycles. The maximum absolute atomic E-state index is 12.6. The summed E-state index contributed by atoms with van der Waals surface area (Å²) in [5.74, 6) is -0.479. The standard InChI is InChI=1S/C19H22N4O6S/c1-20-18-7-4-15(23(25)26)12-17(18)19(24)21-13-14-2-5-16(6-3-14)30(27,28)22-8-10-29-11-9-22/h2-7,12,20H,8-11,13H2,1H3,(H,21,24). The highest BCUT2D eigenvalue weighted by molar-refractivity contribution is 7.89. The number of morpholine rings is 1. The molecule has 11 heteroatoms. The lowest BCUT2D eigenvalue weighted by atomic mass is 10.1. The Morgan fingerprint density at radius 2 is 1.83 bits per heavy atom. The van der Waals surface area contributed by atoms with Crippen molar-refractivity contribution in [1.82, 2.24) is 9.62 Å². The quantitative estimate of drug-likeness (QED) is 0.500. The third kappa shape index (κ3) is 4.75. The summed E-state index contributed by atoms with van der Waals surface area (Å²) in [6, 6.07) is 10.2. The molecule has 0 atom stereocenters. The minimum absolute atomic E-state index is 0.141. The summed E-state index contributed by atoms with van der Waals surface area (Å²) in [6.45, 7) is 1.52. The van der Waals surface area contributed by atoms with E-state index in [2.05, 4.69) is 10.6 Å². The summed E-state index contributed by atoms with van der Waals surface area (Å²) in [6.07, 6.45) is 0. The number of hydrogen-bond donors (Lipinski definition) is 2. The number of benzene rings is 2. The van der Waals surface area contributed by atoms with Gasteiger partial charge in [0.15, 0.2) is 0 Å². The summed E-state index contributed by atoms with van der Waals surface area (Å²) in [4.78, 5) is 23.1. The third-order valence-electron chi connectivity index (χ3n) is 4.71. The Bertz CT molecular complexity index is 1030. The van der Waals surface area contributed by atoms with Crippen molar-refractivity contribution in [2.45, 2.75) is 11.4 Å². The molecular formula is C19H22N4O6S. The molecule has 1 amide bonds. The van der Waals surface area contributed by atoms with Crippen LogP contribution in [0.1, 0.15) is 15.9 Å². The van der Waals surface area contributed by atoms with Crippen molar-refractivity contribution in [3.8, 4) is 0 Å². The number of non-ortho nitro benzene ring substituents is 1. The second kappa shape index (κ2) is 9.20. The van der Waals surface area contributed by atoms with Crippen molar-refractivity contribution in [3.05, 3.63) is 63.7 Å². The van der Waals surface area contributed by atoms with Crippen LogP contribution in [-0.2, 0) is 21.3 Å². The molecule has 0 unspecified atom stereocenters. The first kappa shape index (κ1) is 21.7. The van der Waals surface area contributed by atoms with Gasteiger partial charge in [-0.15, -0.1) is 0 Å². The van der Waals surface area contributed by atoms with Gasteiger partial charge >= 0.3 is 0 Å². The van der Waals surface area contributed by atoms with E-state index in [1.165, 1.54) is 34.6 Å². The molecule has 1 fully saturated rings. The maximum Gasteiger partial charge on any atom is 0.270 e. The summed E-state index contributed by atoms with van der Waals surface area (Å²) >= 11 is 0. The normalized spacial score (nSPS) is 14.8. The molecule has 0 bridgehead atoms. The van der Waals surface area contributed by atoms with Crippen molar-refractivity contribution in [3.63, 3.8) is 0 Å². The summed E-state index contributed by atoms with van der Waals surface area (Å²) < 4.78 is 31.9. The first-order valence-corrected chi connectivity index (χ1v) is 10.7. The molecule has 30 heavy (non-hydrogen) atoms. The number of carbonyl (C=O) groups is 1. The van der Waals surface area contributed by atoms with E-state index < -0.39 is 20.9 Å². The molecule has 1 aliphatic heterocycles. The lowest BCUT2D eigenvalue weighted by Crippen LogP contribution is -2.40. The predicted octanol–water partition coefficient (Wildman–Crippen LogP) is 1.59. The average Bonchev–Trinajstić information content (AvgIpc) is 2.77. The Kier molecular flexibility index (Phi) is 6.65. The first-order valence-electron chi connectivity index (χ1n) is 9.24. The molecule has 2 aromatic rings. The number of nitro benzene ring substituents is 1. The Morgan fingerprint density at radius 1 is 1.17 bits per heavy atom. The minimum Gasteiger partial charge on any atom is -0.387 e. The van der Waals surface area contributed by atoms with Crippen molar-refractivity contribution in [2.24, 2.45) is 0 Å². The van der Waals surface area contributed by atoms with E-state index >= 15 is 0 Å². The topological polar surface area (TPSA) is 131 Å². The summed E-state index contributed by atoms with van der Waals surface area (Å²) in [5.41, 5.74) is 1.13. The molecule has 160 valence electrons. The van der Waals surface area contributed by atoms with Gasteiger partial charge in [0.25, 0.3) is 11.6 Å². The number of carbonyl (C=O) groups excluding carboxylic acids is 1. The highest BCUT2D eigenvalue weighted by Gasteiger charge is 2.26. The number of sulfonamides is 1. The molecular weight excluding hydrogens is 412 g/mol. The van der Waals surface area contributed by atoms with Crippen LogP contribution in [0.15, 0.2) is 47.4 Å². The number of nitrogens with zero attached hydrogens (tertiary/aromatic N) is 2. The van der Waals surface area contributed by atoms with E-state index in [0.717, 1.165) is 0 Å². The van der Waals surface area contributed by atoms with E-state index in [4.69, 9.17) is 4.74 Å². The van der Waals surface area contributed by atoms with Crippen LogP contribution in [0.2, 0.25) is 0 Å². The fourth-order valence-electron chi connectivity index (χ4n) is 3.04. The number of ether oxygens (including phenoxy) is 1. The zero-order valence-electron chi connectivity index (χ0n) is 16.3. The zero-order valence-corrected chi connectivity index (χ0v) is 17.1. The second-order valence-corrected chi connectivity index (χ2v) is 8.52. The number of nitro groups is 1. The van der Waals surface area contributed by atoms with Gasteiger partial charge in [-0.25, -0.2) is 8.42 Å². The maximum atomic E-state index is 12.6. The molecule has 3 rings (SSSR count). The second-order valence-electron chi connectivity index (χ2n) is 6.58. The van der Waals surface area contributed by atoms with E-state index in [0.29, 0.717) is 37.6 Å².